The molecular formula is C18H31N2O3S+. The molecule has 5 nitrogen and oxygen atoms in total. The summed E-state index contributed by atoms with van der Waals surface area (Å²) in [6.07, 6.45) is 1.59. The Morgan fingerprint density at radius 1 is 1.21 bits per heavy atom. The number of benzene rings is 1. The van der Waals surface area contributed by atoms with Crippen LogP contribution in [0.15, 0.2) is 23.1 Å². The first-order valence-corrected chi connectivity index (χ1v) is 10.1. The van der Waals surface area contributed by atoms with E-state index >= 15 is 0 Å². The van der Waals surface area contributed by atoms with Gasteiger partial charge < -0.3 is 10.1 Å². The van der Waals surface area contributed by atoms with Gasteiger partial charge in [0.15, 0.2) is 0 Å². The fraction of sp³-hybridized carbons (Fsp3) is 0.667. The van der Waals surface area contributed by atoms with Gasteiger partial charge >= 0.3 is 0 Å². The third-order valence-electron chi connectivity index (χ3n) is 4.34. The summed E-state index contributed by atoms with van der Waals surface area (Å²) < 4.78 is 34.4. The van der Waals surface area contributed by atoms with Gasteiger partial charge in [0, 0.05) is 18.9 Å². The van der Waals surface area contributed by atoms with Gasteiger partial charge in [-0.2, -0.15) is 0 Å². The lowest BCUT2D eigenvalue weighted by Gasteiger charge is -2.43. The van der Waals surface area contributed by atoms with Gasteiger partial charge in [0.05, 0.1) is 17.7 Å². The summed E-state index contributed by atoms with van der Waals surface area (Å²) in [5, 5.41) is 2.34. The zero-order valence-corrected chi connectivity index (χ0v) is 16.5. The highest BCUT2D eigenvalue weighted by atomic mass is 32.2. The van der Waals surface area contributed by atoms with Crippen LogP contribution >= 0.6 is 0 Å². The molecule has 0 bridgehead atoms. The fourth-order valence-electron chi connectivity index (χ4n) is 3.98. The zero-order valence-electron chi connectivity index (χ0n) is 15.6. The summed E-state index contributed by atoms with van der Waals surface area (Å²) in [6.45, 7) is 12.8. The molecule has 1 fully saturated rings. The number of piperidine rings is 1. The van der Waals surface area contributed by atoms with Gasteiger partial charge in [-0.3, -0.25) is 0 Å². The van der Waals surface area contributed by atoms with Crippen molar-refractivity contribution >= 4 is 10.0 Å². The quantitative estimate of drug-likeness (QED) is 0.848. The summed E-state index contributed by atoms with van der Waals surface area (Å²) in [4.78, 5) is 0.231. The molecule has 0 radical (unpaired) electrons. The zero-order chi connectivity index (χ0) is 18.2. The van der Waals surface area contributed by atoms with Gasteiger partial charge in [-0.25, -0.2) is 13.1 Å². The number of aryl methyl sites for hydroxylation is 1. The van der Waals surface area contributed by atoms with Crippen LogP contribution in [-0.2, 0) is 10.0 Å². The van der Waals surface area contributed by atoms with E-state index in [-0.39, 0.29) is 22.0 Å². The number of ether oxygens (including phenoxy) is 1. The smallest absolute Gasteiger partial charge is 0.244 e. The number of hydrogen-bond donors (Lipinski definition) is 2. The van der Waals surface area contributed by atoms with Crippen molar-refractivity contribution in [2.45, 2.75) is 76.4 Å². The van der Waals surface area contributed by atoms with E-state index in [1.54, 1.807) is 12.1 Å². The molecule has 1 aliphatic rings. The number of sulfonamides is 1. The van der Waals surface area contributed by atoms with Crippen molar-refractivity contribution in [2.75, 3.05) is 6.61 Å². The summed E-state index contributed by atoms with van der Waals surface area (Å²) in [7, 11) is -3.62. The van der Waals surface area contributed by atoms with Crippen LogP contribution in [0.3, 0.4) is 0 Å². The Morgan fingerprint density at radius 3 is 2.33 bits per heavy atom. The van der Waals surface area contributed by atoms with E-state index in [1.807, 2.05) is 19.9 Å². The number of quaternary nitrogens is 1. The number of hydrogen-bond acceptors (Lipinski definition) is 3. The molecule has 0 atom stereocenters. The van der Waals surface area contributed by atoms with E-state index in [9.17, 15) is 8.42 Å². The molecule has 0 aromatic heterocycles. The first-order valence-electron chi connectivity index (χ1n) is 8.57. The Balaban J connectivity index is 2.30. The molecule has 1 saturated heterocycles. The summed E-state index contributed by atoms with van der Waals surface area (Å²) in [5.74, 6) is 0.413. The average Bonchev–Trinajstić information content (AvgIpc) is 2.36. The van der Waals surface area contributed by atoms with Crippen molar-refractivity contribution in [3.8, 4) is 5.75 Å². The topological polar surface area (TPSA) is 72.0 Å². The van der Waals surface area contributed by atoms with Crippen LogP contribution in [0.5, 0.6) is 5.75 Å². The molecule has 3 N–H and O–H groups in total. The van der Waals surface area contributed by atoms with Gasteiger partial charge in [0.2, 0.25) is 10.0 Å². The van der Waals surface area contributed by atoms with Crippen LogP contribution in [0, 0.1) is 6.92 Å². The number of nitrogens with one attached hydrogen (secondary N) is 1. The Labute approximate surface area is 146 Å². The Kier molecular flexibility index (Phi) is 5.33. The van der Waals surface area contributed by atoms with Crippen LogP contribution < -0.4 is 14.8 Å². The SMILES string of the molecule is CCOc1ccc(C)cc1S(=O)(=O)NC1CC(C)(C)[NH2+]C(C)(C)C1. The first kappa shape index (κ1) is 19.2. The second kappa shape index (κ2) is 6.65. The molecular weight excluding hydrogens is 324 g/mol. The predicted octanol–water partition coefficient (Wildman–Crippen LogP) is 1.96. The largest absolute Gasteiger partial charge is 0.492 e. The highest BCUT2D eigenvalue weighted by molar-refractivity contribution is 7.89. The van der Waals surface area contributed by atoms with E-state index in [1.165, 1.54) is 0 Å². The van der Waals surface area contributed by atoms with E-state index in [0.29, 0.717) is 12.4 Å². The molecule has 6 heteroatoms. The highest BCUT2D eigenvalue weighted by Gasteiger charge is 2.43. The van der Waals surface area contributed by atoms with Gasteiger partial charge in [-0.1, -0.05) is 6.07 Å². The van der Waals surface area contributed by atoms with Gasteiger partial charge in [-0.05, 0) is 59.2 Å². The molecule has 1 aromatic rings. The molecule has 0 spiro atoms. The third-order valence-corrected chi connectivity index (χ3v) is 5.88. The van der Waals surface area contributed by atoms with Gasteiger partial charge in [0.25, 0.3) is 0 Å². The molecule has 0 aliphatic carbocycles. The normalized spacial score (nSPS) is 20.8. The maximum atomic E-state index is 13.0. The van der Waals surface area contributed by atoms with Crippen molar-refractivity contribution in [3.63, 3.8) is 0 Å². The Morgan fingerprint density at radius 2 is 1.79 bits per heavy atom. The average molecular weight is 356 g/mol. The minimum atomic E-state index is -3.62. The summed E-state index contributed by atoms with van der Waals surface area (Å²) >= 11 is 0. The van der Waals surface area contributed by atoms with Crippen molar-refractivity contribution in [1.29, 1.82) is 0 Å². The van der Waals surface area contributed by atoms with Gasteiger partial charge in [-0.15, -0.1) is 0 Å². The molecule has 0 unspecified atom stereocenters. The molecule has 1 aromatic carbocycles. The maximum Gasteiger partial charge on any atom is 0.244 e. The summed E-state index contributed by atoms with van der Waals surface area (Å²) in [5.41, 5.74) is 0.908. The number of rotatable bonds is 5. The van der Waals surface area contributed by atoms with Crippen molar-refractivity contribution in [2.24, 2.45) is 0 Å². The monoisotopic (exact) mass is 355 g/mol. The third kappa shape index (κ3) is 4.71. The second-order valence-corrected chi connectivity index (χ2v) is 9.91. The minimum absolute atomic E-state index is 0.00426. The van der Waals surface area contributed by atoms with Crippen molar-refractivity contribution in [3.05, 3.63) is 23.8 Å². The lowest BCUT2D eigenvalue weighted by molar-refractivity contribution is -0.787. The number of nitrogens with two attached hydrogens (primary N) is 1. The standard InChI is InChI=1S/C18H30N2O3S/c1-7-23-15-9-8-13(2)10-16(15)24(21,22)19-14-11-17(3,4)20-18(5,6)12-14/h8-10,14,19-20H,7,11-12H2,1-6H3/p+1. The highest BCUT2D eigenvalue weighted by Crippen LogP contribution is 2.28. The van der Waals surface area contributed by atoms with Crippen LogP contribution in [0.25, 0.3) is 0 Å². The first-order chi connectivity index (χ1) is 10.9. The minimum Gasteiger partial charge on any atom is -0.492 e. The second-order valence-electron chi connectivity index (χ2n) is 8.23. The Bertz CT molecular complexity index is 680. The molecule has 0 saturated carbocycles. The van der Waals surface area contributed by atoms with Crippen molar-refractivity contribution < 1.29 is 18.5 Å². The van der Waals surface area contributed by atoms with Crippen LogP contribution in [0.1, 0.15) is 53.0 Å². The van der Waals surface area contributed by atoms with Crippen LogP contribution in [-0.4, -0.2) is 32.1 Å². The van der Waals surface area contributed by atoms with E-state index in [4.69, 9.17) is 4.74 Å². The van der Waals surface area contributed by atoms with Crippen LogP contribution in [0.2, 0.25) is 0 Å². The van der Waals surface area contributed by atoms with E-state index in [2.05, 4.69) is 37.7 Å². The van der Waals surface area contributed by atoms with E-state index in [0.717, 1.165) is 18.4 Å². The Hall–Kier alpha value is -1.11. The van der Waals surface area contributed by atoms with Crippen molar-refractivity contribution in [1.82, 2.24) is 4.72 Å². The maximum absolute atomic E-state index is 13.0. The van der Waals surface area contributed by atoms with Crippen LogP contribution in [0.4, 0.5) is 0 Å². The lowest BCUT2D eigenvalue weighted by atomic mass is 9.80. The van der Waals surface area contributed by atoms with E-state index < -0.39 is 10.0 Å². The molecule has 2 rings (SSSR count). The molecule has 24 heavy (non-hydrogen) atoms. The summed E-state index contributed by atoms with van der Waals surface area (Å²) in [6, 6.07) is 5.19. The predicted molar refractivity (Wildman–Crippen MR) is 95.8 cm³/mol. The fourth-order valence-corrected chi connectivity index (χ4v) is 5.45. The van der Waals surface area contributed by atoms with Gasteiger partial charge in [0.1, 0.15) is 10.6 Å². The molecule has 1 aliphatic heterocycles. The molecule has 0 amide bonds. The molecule has 136 valence electrons. The molecule has 1 heterocycles. The lowest BCUT2D eigenvalue weighted by Crippen LogP contribution is -3.06.